The Morgan fingerprint density at radius 3 is 2.60 bits per heavy atom. The van der Waals surface area contributed by atoms with Crippen LogP contribution in [0.15, 0.2) is 47.4 Å². The van der Waals surface area contributed by atoms with Crippen LogP contribution in [0.4, 0.5) is 5.69 Å². The molecule has 3 aromatic rings. The molecule has 0 aliphatic carbocycles. The number of hydrogen-bond donors (Lipinski definition) is 2. The lowest BCUT2D eigenvalue weighted by Crippen LogP contribution is -2.42. The summed E-state index contributed by atoms with van der Waals surface area (Å²) in [4.78, 5) is 34.8. The molecule has 0 bridgehead atoms. The lowest BCUT2D eigenvalue weighted by Gasteiger charge is -2.28. The van der Waals surface area contributed by atoms with Crippen LogP contribution >= 0.6 is 11.6 Å². The molecule has 1 aromatic heterocycles. The molecule has 3 aliphatic rings. The maximum absolute atomic E-state index is 13.8. The van der Waals surface area contributed by atoms with Crippen molar-refractivity contribution in [1.82, 2.24) is 14.8 Å². The van der Waals surface area contributed by atoms with Gasteiger partial charge in [-0.1, -0.05) is 29.8 Å². The zero-order valence-electron chi connectivity index (χ0n) is 23.9. The second-order valence-electron chi connectivity index (χ2n) is 11.5. The summed E-state index contributed by atoms with van der Waals surface area (Å²) in [5.41, 5.74) is 4.74. The standard InChI is InChI=1S/C32H35ClN4O4S/c1-20-29(34-21(2)30(20)32(39)37-15-7-9-23(37)18-36-13-5-6-14-36)17-26-25-16-24(11-12-28(25)35-31(26)38)42(40,41)19-22-8-3-4-10-27(22)33/h3-4,8,10-12,16-17,23,34H,5-7,9,13-15,18-19H2,1-2H3,(H,35,38)/t23-/m1/s1. The normalized spacial score (nSPS) is 20.0. The maximum Gasteiger partial charge on any atom is 0.256 e. The first-order chi connectivity index (χ1) is 20.1. The number of aryl methyl sites for hydroxylation is 1. The number of hydrogen-bond acceptors (Lipinski definition) is 5. The molecule has 0 saturated carbocycles. The van der Waals surface area contributed by atoms with Crippen molar-refractivity contribution in [3.05, 3.63) is 81.1 Å². The number of benzene rings is 2. The highest BCUT2D eigenvalue weighted by Gasteiger charge is 2.34. The SMILES string of the molecule is Cc1[nH]c(C=C2C(=O)Nc3ccc(S(=O)(=O)Cc4ccccc4Cl)cc32)c(C)c1C(=O)N1CCC[C@@H]1CN1CCCC1. The van der Waals surface area contributed by atoms with E-state index >= 15 is 0 Å². The average Bonchev–Trinajstić information content (AvgIpc) is 3.74. The van der Waals surface area contributed by atoms with Gasteiger partial charge in [0.25, 0.3) is 11.8 Å². The van der Waals surface area contributed by atoms with Gasteiger partial charge >= 0.3 is 0 Å². The predicted octanol–water partition coefficient (Wildman–Crippen LogP) is 5.45. The van der Waals surface area contributed by atoms with Crippen molar-refractivity contribution in [2.24, 2.45) is 0 Å². The van der Waals surface area contributed by atoms with Gasteiger partial charge in [-0.15, -0.1) is 0 Å². The van der Waals surface area contributed by atoms with Gasteiger partial charge in [-0.05, 0) is 94.1 Å². The summed E-state index contributed by atoms with van der Waals surface area (Å²) < 4.78 is 26.6. The predicted molar refractivity (Wildman–Crippen MR) is 165 cm³/mol. The van der Waals surface area contributed by atoms with Gasteiger partial charge in [0.2, 0.25) is 0 Å². The van der Waals surface area contributed by atoms with Crippen LogP contribution in [0, 0.1) is 13.8 Å². The van der Waals surface area contributed by atoms with E-state index in [1.807, 2.05) is 18.7 Å². The molecule has 0 unspecified atom stereocenters. The number of halogens is 1. The Hall–Kier alpha value is -3.40. The number of rotatable bonds is 7. The van der Waals surface area contributed by atoms with Crippen LogP contribution in [0.3, 0.4) is 0 Å². The van der Waals surface area contributed by atoms with Crippen molar-refractivity contribution in [1.29, 1.82) is 0 Å². The maximum atomic E-state index is 13.8. The third-order valence-electron chi connectivity index (χ3n) is 8.72. The summed E-state index contributed by atoms with van der Waals surface area (Å²) >= 11 is 6.22. The summed E-state index contributed by atoms with van der Waals surface area (Å²) in [7, 11) is -3.73. The third-order valence-corrected chi connectivity index (χ3v) is 10.8. The molecule has 42 heavy (non-hydrogen) atoms. The second kappa shape index (κ2) is 11.4. The fourth-order valence-electron chi connectivity index (χ4n) is 6.49. The Bertz CT molecular complexity index is 1700. The Morgan fingerprint density at radius 2 is 1.83 bits per heavy atom. The van der Waals surface area contributed by atoms with E-state index in [0.29, 0.717) is 38.7 Å². The lowest BCUT2D eigenvalue weighted by atomic mass is 10.0. The zero-order valence-corrected chi connectivity index (χ0v) is 25.4. The minimum absolute atomic E-state index is 0.0248. The van der Waals surface area contributed by atoms with Crippen LogP contribution in [0.1, 0.15) is 64.1 Å². The number of aromatic nitrogens is 1. The monoisotopic (exact) mass is 606 g/mol. The van der Waals surface area contributed by atoms with Gasteiger partial charge < -0.3 is 20.1 Å². The Morgan fingerprint density at radius 1 is 1.07 bits per heavy atom. The van der Waals surface area contributed by atoms with Gasteiger partial charge in [0, 0.05) is 46.8 Å². The Kier molecular flexibility index (Phi) is 7.76. The second-order valence-corrected chi connectivity index (χ2v) is 13.9. The zero-order chi connectivity index (χ0) is 29.6. The van der Waals surface area contributed by atoms with Crippen molar-refractivity contribution in [3.8, 4) is 0 Å². The van der Waals surface area contributed by atoms with Gasteiger partial charge in [-0.25, -0.2) is 8.42 Å². The molecule has 10 heteroatoms. The van der Waals surface area contributed by atoms with Crippen LogP contribution in [0.25, 0.3) is 11.6 Å². The molecule has 2 N–H and O–H groups in total. The average molecular weight is 607 g/mol. The van der Waals surface area contributed by atoms with Crippen molar-refractivity contribution in [3.63, 3.8) is 0 Å². The molecule has 3 aliphatic heterocycles. The van der Waals surface area contributed by atoms with Gasteiger partial charge in [0.1, 0.15) is 0 Å². The molecule has 0 spiro atoms. The number of anilines is 1. The van der Waals surface area contributed by atoms with Crippen molar-refractivity contribution in [2.45, 2.75) is 56.2 Å². The van der Waals surface area contributed by atoms with Crippen LogP contribution in [-0.2, 0) is 20.4 Å². The Labute approximate surface area is 251 Å². The molecule has 6 rings (SSSR count). The number of fused-ring (bicyclic) bond motifs is 1. The Balaban J connectivity index is 1.29. The van der Waals surface area contributed by atoms with E-state index in [1.54, 1.807) is 36.4 Å². The summed E-state index contributed by atoms with van der Waals surface area (Å²) in [5.74, 6) is -0.547. The topological polar surface area (TPSA) is 103 Å². The molecule has 0 radical (unpaired) electrons. The first-order valence-electron chi connectivity index (χ1n) is 14.5. The highest BCUT2D eigenvalue weighted by Crippen LogP contribution is 2.37. The molecule has 2 fully saturated rings. The summed E-state index contributed by atoms with van der Waals surface area (Å²) in [6, 6.07) is 11.7. The minimum atomic E-state index is -3.73. The first-order valence-corrected chi connectivity index (χ1v) is 16.5. The fraction of sp³-hybridized carbons (Fsp3) is 0.375. The smallest absolute Gasteiger partial charge is 0.256 e. The van der Waals surface area contributed by atoms with Gasteiger partial charge in [0.15, 0.2) is 9.84 Å². The highest BCUT2D eigenvalue weighted by molar-refractivity contribution is 7.90. The molecule has 220 valence electrons. The van der Waals surface area contributed by atoms with E-state index in [2.05, 4.69) is 15.2 Å². The molecule has 2 aromatic carbocycles. The van der Waals surface area contributed by atoms with Crippen LogP contribution in [0.5, 0.6) is 0 Å². The van der Waals surface area contributed by atoms with E-state index in [0.717, 1.165) is 50.3 Å². The number of amides is 2. The molecule has 8 nitrogen and oxygen atoms in total. The number of aromatic amines is 1. The van der Waals surface area contributed by atoms with Crippen LogP contribution in [-0.4, -0.2) is 67.2 Å². The van der Waals surface area contributed by atoms with Crippen molar-refractivity contribution < 1.29 is 18.0 Å². The molecule has 1 atom stereocenters. The largest absolute Gasteiger partial charge is 0.358 e. The molecule has 2 saturated heterocycles. The number of nitrogens with zero attached hydrogens (tertiary/aromatic N) is 2. The van der Waals surface area contributed by atoms with Crippen LogP contribution in [0.2, 0.25) is 5.02 Å². The van der Waals surface area contributed by atoms with Crippen LogP contribution < -0.4 is 5.32 Å². The van der Waals surface area contributed by atoms with Gasteiger partial charge in [-0.3, -0.25) is 9.59 Å². The number of nitrogens with one attached hydrogen (secondary N) is 2. The number of sulfone groups is 1. The van der Waals surface area contributed by atoms with E-state index in [-0.39, 0.29) is 28.5 Å². The number of carbonyl (C=O) groups excluding carboxylic acids is 2. The van der Waals surface area contributed by atoms with E-state index in [4.69, 9.17) is 11.6 Å². The summed E-state index contributed by atoms with van der Waals surface area (Å²) in [6.07, 6.45) is 6.18. The molecule has 4 heterocycles. The fourth-order valence-corrected chi connectivity index (χ4v) is 8.17. The number of likely N-dealkylation sites (tertiary alicyclic amines) is 2. The molecule has 2 amide bonds. The van der Waals surface area contributed by atoms with Gasteiger partial charge in [-0.2, -0.15) is 0 Å². The molecular weight excluding hydrogens is 572 g/mol. The quantitative estimate of drug-likeness (QED) is 0.348. The van der Waals surface area contributed by atoms with Crippen molar-refractivity contribution in [2.75, 3.05) is 31.5 Å². The molecular formula is C32H35ClN4O4S. The highest BCUT2D eigenvalue weighted by atomic mass is 35.5. The van der Waals surface area contributed by atoms with Crippen molar-refractivity contribution >= 4 is 50.6 Å². The van der Waals surface area contributed by atoms with E-state index in [9.17, 15) is 18.0 Å². The third kappa shape index (κ3) is 5.41. The summed E-state index contributed by atoms with van der Waals surface area (Å²) in [5, 5.41) is 3.22. The lowest BCUT2D eigenvalue weighted by molar-refractivity contribution is -0.110. The first kappa shape index (κ1) is 28.7. The minimum Gasteiger partial charge on any atom is -0.358 e. The summed E-state index contributed by atoms with van der Waals surface area (Å²) in [6.45, 7) is 7.65. The number of H-pyrrole nitrogens is 1. The van der Waals surface area contributed by atoms with E-state index < -0.39 is 9.84 Å². The van der Waals surface area contributed by atoms with Gasteiger partial charge in [0.05, 0.1) is 21.8 Å². The van der Waals surface area contributed by atoms with E-state index in [1.165, 1.54) is 25.0 Å². The number of carbonyl (C=O) groups is 2.